The van der Waals surface area contributed by atoms with Crippen LogP contribution in [0, 0.1) is 0 Å². The molecule has 0 saturated heterocycles. The molecule has 1 amide bonds. The standard InChI is InChI=1S/C16H15BrN2O4S/c1-10-16(20)19(2)13-8-11(17)9-14(15(13)23-10)24(21,22)18-12-6-4-3-5-7-12/h3-10,18H,1-2H3. The fraction of sp³-hybridized carbons (Fsp3) is 0.188. The normalized spacial score (nSPS) is 17.2. The molecule has 24 heavy (non-hydrogen) atoms. The summed E-state index contributed by atoms with van der Waals surface area (Å²) in [6, 6.07) is 11.7. The number of anilines is 2. The number of nitrogens with one attached hydrogen (secondary N) is 1. The molecule has 0 saturated carbocycles. The molecular weight excluding hydrogens is 396 g/mol. The van der Waals surface area contributed by atoms with Crippen LogP contribution in [-0.4, -0.2) is 27.5 Å². The summed E-state index contributed by atoms with van der Waals surface area (Å²) in [7, 11) is -2.29. The average Bonchev–Trinajstić information content (AvgIpc) is 2.53. The summed E-state index contributed by atoms with van der Waals surface area (Å²) in [4.78, 5) is 13.4. The van der Waals surface area contributed by atoms with E-state index >= 15 is 0 Å². The first kappa shape index (κ1) is 16.8. The van der Waals surface area contributed by atoms with Gasteiger partial charge >= 0.3 is 0 Å². The Kier molecular flexibility index (Phi) is 4.27. The summed E-state index contributed by atoms with van der Waals surface area (Å²) in [6.45, 7) is 1.59. The van der Waals surface area contributed by atoms with Crippen LogP contribution in [0.25, 0.3) is 0 Å². The minimum Gasteiger partial charge on any atom is -0.477 e. The highest BCUT2D eigenvalue weighted by atomic mass is 79.9. The number of nitrogens with zero attached hydrogens (tertiary/aromatic N) is 1. The summed E-state index contributed by atoms with van der Waals surface area (Å²) >= 11 is 3.30. The summed E-state index contributed by atoms with van der Waals surface area (Å²) in [5.74, 6) is -0.0730. The van der Waals surface area contributed by atoms with E-state index in [0.717, 1.165) is 0 Å². The van der Waals surface area contributed by atoms with Gasteiger partial charge in [0.05, 0.1) is 5.69 Å². The van der Waals surface area contributed by atoms with Crippen LogP contribution in [0.5, 0.6) is 5.75 Å². The van der Waals surface area contributed by atoms with Crippen LogP contribution in [0.4, 0.5) is 11.4 Å². The quantitative estimate of drug-likeness (QED) is 0.843. The third-order valence-corrected chi connectivity index (χ3v) is 5.49. The molecule has 1 aliphatic heterocycles. The van der Waals surface area contributed by atoms with Crippen molar-refractivity contribution in [3.8, 4) is 5.75 Å². The number of sulfonamides is 1. The highest BCUT2D eigenvalue weighted by molar-refractivity contribution is 9.10. The molecule has 1 N–H and O–H groups in total. The van der Waals surface area contributed by atoms with E-state index in [1.54, 1.807) is 50.4 Å². The predicted molar refractivity (Wildman–Crippen MR) is 94.9 cm³/mol. The Hall–Kier alpha value is -2.06. The van der Waals surface area contributed by atoms with Gasteiger partial charge in [0.15, 0.2) is 11.9 Å². The lowest BCUT2D eigenvalue weighted by Crippen LogP contribution is -2.42. The molecule has 2 aromatic rings. The van der Waals surface area contributed by atoms with Gasteiger partial charge in [0.1, 0.15) is 4.90 Å². The molecule has 1 atom stereocenters. The highest BCUT2D eigenvalue weighted by Gasteiger charge is 2.34. The van der Waals surface area contributed by atoms with Gasteiger partial charge in [0.2, 0.25) is 0 Å². The van der Waals surface area contributed by atoms with Crippen LogP contribution in [0.15, 0.2) is 51.8 Å². The minimum atomic E-state index is -3.88. The van der Waals surface area contributed by atoms with Crippen molar-refractivity contribution in [2.24, 2.45) is 0 Å². The zero-order valence-corrected chi connectivity index (χ0v) is 15.4. The maximum absolute atomic E-state index is 12.8. The van der Waals surface area contributed by atoms with Crippen LogP contribution >= 0.6 is 15.9 Å². The Morgan fingerprint density at radius 2 is 1.88 bits per heavy atom. The van der Waals surface area contributed by atoms with Gasteiger partial charge < -0.3 is 9.64 Å². The number of para-hydroxylation sites is 1. The molecule has 1 unspecified atom stereocenters. The Balaban J connectivity index is 2.12. The second-order valence-electron chi connectivity index (χ2n) is 5.38. The number of hydrogen-bond acceptors (Lipinski definition) is 4. The second kappa shape index (κ2) is 6.10. The van der Waals surface area contributed by atoms with Crippen LogP contribution in [-0.2, 0) is 14.8 Å². The van der Waals surface area contributed by atoms with Crippen LogP contribution in [0.1, 0.15) is 6.92 Å². The van der Waals surface area contributed by atoms with Gasteiger partial charge in [0.25, 0.3) is 15.9 Å². The van der Waals surface area contributed by atoms with Crippen molar-refractivity contribution in [1.29, 1.82) is 0 Å². The monoisotopic (exact) mass is 410 g/mol. The zero-order valence-electron chi connectivity index (χ0n) is 13.0. The number of carbonyl (C=O) groups is 1. The molecule has 8 heteroatoms. The van der Waals surface area contributed by atoms with Crippen molar-refractivity contribution in [1.82, 2.24) is 0 Å². The molecule has 0 aromatic heterocycles. The Labute approximate surface area is 148 Å². The first-order valence-corrected chi connectivity index (χ1v) is 9.43. The van der Waals surface area contributed by atoms with Crippen molar-refractivity contribution in [2.75, 3.05) is 16.7 Å². The highest BCUT2D eigenvalue weighted by Crippen LogP contribution is 2.41. The van der Waals surface area contributed by atoms with E-state index in [0.29, 0.717) is 15.8 Å². The number of carbonyl (C=O) groups excluding carboxylic acids is 1. The number of fused-ring (bicyclic) bond motifs is 1. The number of rotatable bonds is 3. The van der Waals surface area contributed by atoms with E-state index in [2.05, 4.69) is 20.7 Å². The summed E-state index contributed by atoms with van der Waals surface area (Å²) < 4.78 is 34.3. The molecule has 0 radical (unpaired) electrons. The van der Waals surface area contributed by atoms with Crippen molar-refractivity contribution in [3.05, 3.63) is 46.9 Å². The molecule has 6 nitrogen and oxygen atoms in total. The Bertz CT molecular complexity index is 900. The maximum atomic E-state index is 12.8. The van der Waals surface area contributed by atoms with Gasteiger partial charge in [-0.25, -0.2) is 8.42 Å². The van der Waals surface area contributed by atoms with Crippen molar-refractivity contribution < 1.29 is 17.9 Å². The van der Waals surface area contributed by atoms with E-state index in [-0.39, 0.29) is 16.6 Å². The molecule has 0 aliphatic carbocycles. The SMILES string of the molecule is CC1Oc2c(cc(Br)cc2S(=O)(=O)Nc2ccccc2)N(C)C1=O. The lowest BCUT2D eigenvalue weighted by Gasteiger charge is -2.31. The Morgan fingerprint density at radius 1 is 1.21 bits per heavy atom. The van der Waals surface area contributed by atoms with Crippen LogP contribution < -0.4 is 14.4 Å². The first-order chi connectivity index (χ1) is 11.3. The molecule has 1 aliphatic rings. The molecule has 1 heterocycles. The van der Waals surface area contributed by atoms with Gasteiger partial charge in [-0.3, -0.25) is 9.52 Å². The average molecular weight is 411 g/mol. The molecule has 0 spiro atoms. The van der Waals surface area contributed by atoms with E-state index in [4.69, 9.17) is 4.74 Å². The maximum Gasteiger partial charge on any atom is 0.267 e. The summed E-state index contributed by atoms with van der Waals surface area (Å²) in [6.07, 6.45) is -0.755. The minimum absolute atomic E-state index is 0.0260. The van der Waals surface area contributed by atoms with Gasteiger partial charge in [-0.15, -0.1) is 0 Å². The first-order valence-electron chi connectivity index (χ1n) is 7.15. The summed E-state index contributed by atoms with van der Waals surface area (Å²) in [5, 5.41) is 0. The number of hydrogen-bond donors (Lipinski definition) is 1. The van der Waals surface area contributed by atoms with Crippen LogP contribution in [0.3, 0.4) is 0 Å². The molecule has 2 aromatic carbocycles. The van der Waals surface area contributed by atoms with Crippen molar-refractivity contribution in [3.63, 3.8) is 0 Å². The van der Waals surface area contributed by atoms with Crippen molar-refractivity contribution in [2.45, 2.75) is 17.9 Å². The number of halogens is 1. The smallest absolute Gasteiger partial charge is 0.267 e. The number of benzene rings is 2. The molecular formula is C16H15BrN2O4S. The second-order valence-corrected chi connectivity index (χ2v) is 7.95. The Morgan fingerprint density at radius 3 is 2.54 bits per heavy atom. The number of amides is 1. The largest absolute Gasteiger partial charge is 0.477 e. The van der Waals surface area contributed by atoms with Crippen molar-refractivity contribution >= 4 is 43.2 Å². The van der Waals surface area contributed by atoms with Crippen LogP contribution in [0.2, 0.25) is 0 Å². The lowest BCUT2D eigenvalue weighted by atomic mass is 10.2. The van der Waals surface area contributed by atoms with Gasteiger partial charge in [0, 0.05) is 17.2 Å². The fourth-order valence-corrected chi connectivity index (χ4v) is 4.29. The summed E-state index contributed by atoms with van der Waals surface area (Å²) in [5.41, 5.74) is 0.848. The molecule has 3 rings (SSSR count). The van der Waals surface area contributed by atoms with E-state index in [9.17, 15) is 13.2 Å². The third kappa shape index (κ3) is 2.99. The van der Waals surface area contributed by atoms with E-state index in [1.165, 1.54) is 11.0 Å². The number of ether oxygens (including phenoxy) is 1. The predicted octanol–water partition coefficient (Wildman–Crippen LogP) is 2.99. The van der Waals surface area contributed by atoms with E-state index in [1.807, 2.05) is 0 Å². The number of likely N-dealkylation sites (N-methyl/N-ethyl adjacent to an activating group) is 1. The fourth-order valence-electron chi connectivity index (χ4n) is 2.46. The van der Waals surface area contributed by atoms with Gasteiger partial charge in [-0.2, -0.15) is 0 Å². The topological polar surface area (TPSA) is 75.7 Å². The molecule has 126 valence electrons. The van der Waals surface area contributed by atoms with Gasteiger partial charge in [-0.05, 0) is 31.2 Å². The van der Waals surface area contributed by atoms with E-state index < -0.39 is 16.1 Å². The van der Waals surface area contributed by atoms with Gasteiger partial charge in [-0.1, -0.05) is 34.1 Å². The lowest BCUT2D eigenvalue weighted by molar-refractivity contribution is -0.125. The zero-order chi connectivity index (χ0) is 17.5. The molecule has 0 fully saturated rings. The third-order valence-electron chi connectivity index (χ3n) is 3.65. The molecule has 0 bridgehead atoms.